The first kappa shape index (κ1) is 32.8. The van der Waals surface area contributed by atoms with Gasteiger partial charge >= 0.3 is 6.09 Å². The van der Waals surface area contributed by atoms with E-state index >= 15 is 0 Å². The molecular formula is C32H39N3O8S. The van der Waals surface area contributed by atoms with E-state index in [0.29, 0.717) is 17.2 Å². The van der Waals surface area contributed by atoms with Crippen molar-refractivity contribution in [2.45, 2.75) is 43.4 Å². The third kappa shape index (κ3) is 8.07. The molecule has 0 aliphatic carbocycles. The number of methoxy groups -OCH3 is 2. The summed E-state index contributed by atoms with van der Waals surface area (Å²) in [5, 5.41) is 14.3. The largest absolute Gasteiger partial charge is 0.497 e. The fourth-order valence-electron chi connectivity index (χ4n) is 4.93. The first-order valence-electron chi connectivity index (χ1n) is 14.3. The van der Waals surface area contributed by atoms with E-state index < -0.39 is 40.3 Å². The minimum atomic E-state index is -4.00. The molecule has 3 atom stereocenters. The zero-order valence-corrected chi connectivity index (χ0v) is 26.1. The first-order valence-corrected chi connectivity index (χ1v) is 15.7. The van der Waals surface area contributed by atoms with Crippen LogP contribution in [0.5, 0.6) is 11.5 Å². The molecular weight excluding hydrogens is 586 g/mol. The Labute approximate surface area is 258 Å². The molecule has 1 aliphatic rings. The van der Waals surface area contributed by atoms with Gasteiger partial charge in [-0.1, -0.05) is 50.2 Å². The quantitative estimate of drug-likeness (QED) is 0.278. The second kappa shape index (κ2) is 14.6. The number of carbonyl (C=O) groups is 2. The first-order chi connectivity index (χ1) is 21.0. The number of rotatable bonds is 14. The highest BCUT2D eigenvalue weighted by atomic mass is 32.2. The number of benzene rings is 3. The Morgan fingerprint density at radius 1 is 1.00 bits per heavy atom. The number of aliphatic hydroxyl groups excluding tert-OH is 1. The van der Waals surface area contributed by atoms with Crippen LogP contribution in [0.15, 0.2) is 83.8 Å². The van der Waals surface area contributed by atoms with E-state index in [1.54, 1.807) is 36.4 Å². The van der Waals surface area contributed by atoms with E-state index in [9.17, 15) is 23.1 Å². The summed E-state index contributed by atoms with van der Waals surface area (Å²) in [6, 6.07) is 21.2. The minimum Gasteiger partial charge on any atom is -0.497 e. The zero-order chi connectivity index (χ0) is 31.9. The van der Waals surface area contributed by atoms with Gasteiger partial charge in [-0.15, -0.1) is 0 Å². The Hall–Kier alpha value is -4.13. The number of ether oxygens (including phenoxy) is 3. The van der Waals surface area contributed by atoms with Crippen molar-refractivity contribution >= 4 is 27.7 Å². The predicted octanol–water partition coefficient (Wildman–Crippen LogP) is 3.46. The number of cyclic esters (lactones) is 1. The van der Waals surface area contributed by atoms with Gasteiger partial charge in [0.2, 0.25) is 10.0 Å². The SMILES string of the molecule is COc1ccc(S(=O)(=O)N(CC(C)C)C[C@@H](O)[C@H](Cc2ccccc2)NC(=O)[C@@H]2CN(c3cccc(OC)c3)C(=O)O2)cc1. The van der Waals surface area contributed by atoms with E-state index in [1.165, 1.54) is 35.6 Å². The summed E-state index contributed by atoms with van der Waals surface area (Å²) < 4.78 is 44.4. The summed E-state index contributed by atoms with van der Waals surface area (Å²) in [5.74, 6) is 0.419. The van der Waals surface area contributed by atoms with Crippen molar-refractivity contribution in [2.75, 3.05) is 38.8 Å². The molecule has 1 heterocycles. The molecule has 1 saturated heterocycles. The van der Waals surface area contributed by atoms with Gasteiger partial charge in [-0.2, -0.15) is 4.31 Å². The smallest absolute Gasteiger partial charge is 0.415 e. The van der Waals surface area contributed by atoms with Crippen LogP contribution in [0.3, 0.4) is 0 Å². The summed E-state index contributed by atoms with van der Waals surface area (Å²) in [6.07, 6.45) is -2.91. The molecule has 44 heavy (non-hydrogen) atoms. The molecule has 2 N–H and O–H groups in total. The number of nitrogens with one attached hydrogen (secondary N) is 1. The third-order valence-electron chi connectivity index (χ3n) is 7.22. The summed E-state index contributed by atoms with van der Waals surface area (Å²) in [4.78, 5) is 27.5. The average molecular weight is 626 g/mol. The number of amides is 2. The maximum atomic E-state index is 13.7. The van der Waals surface area contributed by atoms with E-state index in [0.717, 1.165) is 5.56 Å². The third-order valence-corrected chi connectivity index (χ3v) is 9.06. The summed E-state index contributed by atoms with van der Waals surface area (Å²) in [6.45, 7) is 3.60. The lowest BCUT2D eigenvalue weighted by atomic mass is 10.0. The highest BCUT2D eigenvalue weighted by Gasteiger charge is 2.39. The molecule has 236 valence electrons. The van der Waals surface area contributed by atoms with Crippen LogP contribution in [0.2, 0.25) is 0 Å². The van der Waals surface area contributed by atoms with Crippen molar-refractivity contribution in [3.8, 4) is 11.5 Å². The van der Waals surface area contributed by atoms with Crippen LogP contribution < -0.4 is 19.7 Å². The molecule has 0 saturated carbocycles. The van der Waals surface area contributed by atoms with Crippen molar-refractivity contribution in [1.29, 1.82) is 0 Å². The van der Waals surface area contributed by atoms with Crippen LogP contribution in [-0.4, -0.2) is 81.9 Å². The van der Waals surface area contributed by atoms with Crippen LogP contribution in [-0.2, 0) is 26.0 Å². The highest BCUT2D eigenvalue weighted by Crippen LogP contribution is 2.26. The maximum Gasteiger partial charge on any atom is 0.415 e. The van der Waals surface area contributed by atoms with E-state index in [-0.39, 0.29) is 36.9 Å². The fraction of sp³-hybridized carbons (Fsp3) is 0.375. The average Bonchev–Trinajstić information content (AvgIpc) is 3.42. The molecule has 3 aromatic rings. The van der Waals surface area contributed by atoms with Crippen LogP contribution in [0.1, 0.15) is 19.4 Å². The summed E-state index contributed by atoms with van der Waals surface area (Å²) in [7, 11) is -0.990. The second-order valence-electron chi connectivity index (χ2n) is 10.9. The van der Waals surface area contributed by atoms with Crippen LogP contribution in [0, 0.1) is 5.92 Å². The standard InChI is InChI=1S/C32H39N3O8S/c1-22(2)19-34(44(39,40)27-15-13-25(41-3)14-16-27)20-29(36)28(17-23-9-6-5-7-10-23)33-31(37)30-21-35(32(38)43-30)24-11-8-12-26(18-24)42-4/h5-16,18,22,28-30,36H,17,19-21H2,1-4H3,(H,33,37)/t28-,29+,30-/m0/s1. The van der Waals surface area contributed by atoms with Gasteiger partial charge in [0.1, 0.15) is 11.5 Å². The lowest BCUT2D eigenvalue weighted by molar-refractivity contribution is -0.129. The summed E-state index contributed by atoms with van der Waals surface area (Å²) in [5.41, 5.74) is 1.34. The summed E-state index contributed by atoms with van der Waals surface area (Å²) >= 11 is 0. The van der Waals surface area contributed by atoms with Gasteiger partial charge in [-0.3, -0.25) is 9.69 Å². The molecule has 0 aromatic heterocycles. The van der Waals surface area contributed by atoms with Gasteiger partial charge < -0.3 is 24.6 Å². The zero-order valence-electron chi connectivity index (χ0n) is 25.3. The second-order valence-corrected chi connectivity index (χ2v) is 12.9. The molecule has 0 unspecified atom stereocenters. The topological polar surface area (TPSA) is 135 Å². The van der Waals surface area contributed by atoms with Crippen LogP contribution in [0.25, 0.3) is 0 Å². The van der Waals surface area contributed by atoms with E-state index in [1.807, 2.05) is 44.2 Å². The Morgan fingerprint density at radius 3 is 2.32 bits per heavy atom. The predicted molar refractivity (Wildman–Crippen MR) is 165 cm³/mol. The molecule has 1 fully saturated rings. The fourth-order valence-corrected chi connectivity index (χ4v) is 6.55. The van der Waals surface area contributed by atoms with Crippen molar-refractivity contribution in [2.24, 2.45) is 5.92 Å². The number of hydrogen-bond donors (Lipinski definition) is 2. The van der Waals surface area contributed by atoms with Gasteiger partial charge in [-0.25, -0.2) is 13.2 Å². The van der Waals surface area contributed by atoms with Crippen molar-refractivity contribution in [3.63, 3.8) is 0 Å². The van der Waals surface area contributed by atoms with E-state index in [4.69, 9.17) is 14.2 Å². The van der Waals surface area contributed by atoms with Crippen molar-refractivity contribution in [1.82, 2.24) is 9.62 Å². The Kier molecular flexibility index (Phi) is 10.8. The number of carbonyl (C=O) groups excluding carboxylic acids is 2. The monoisotopic (exact) mass is 625 g/mol. The lowest BCUT2D eigenvalue weighted by Crippen LogP contribution is -2.53. The lowest BCUT2D eigenvalue weighted by Gasteiger charge is -2.31. The van der Waals surface area contributed by atoms with Gasteiger partial charge in [0.05, 0.1) is 43.5 Å². The van der Waals surface area contributed by atoms with Crippen molar-refractivity contribution in [3.05, 3.63) is 84.4 Å². The Balaban J connectivity index is 1.54. The normalized spacial score (nSPS) is 16.5. The van der Waals surface area contributed by atoms with E-state index in [2.05, 4.69) is 5.32 Å². The Morgan fingerprint density at radius 2 is 1.68 bits per heavy atom. The molecule has 4 rings (SSSR count). The van der Waals surface area contributed by atoms with Gasteiger partial charge in [0.15, 0.2) is 6.10 Å². The number of sulfonamides is 1. The number of anilines is 1. The van der Waals surface area contributed by atoms with Gasteiger partial charge in [0.25, 0.3) is 5.91 Å². The molecule has 0 radical (unpaired) electrons. The van der Waals surface area contributed by atoms with Gasteiger partial charge in [-0.05, 0) is 54.3 Å². The number of aliphatic hydroxyl groups is 1. The Bertz CT molecular complexity index is 1520. The molecule has 0 bridgehead atoms. The molecule has 3 aromatic carbocycles. The number of nitrogens with zero attached hydrogens (tertiary/aromatic N) is 2. The maximum absolute atomic E-state index is 13.7. The van der Waals surface area contributed by atoms with Gasteiger partial charge in [0, 0.05) is 19.2 Å². The minimum absolute atomic E-state index is 0.0436. The number of hydrogen-bond acceptors (Lipinski definition) is 8. The molecule has 0 spiro atoms. The highest BCUT2D eigenvalue weighted by molar-refractivity contribution is 7.89. The molecule has 11 nitrogen and oxygen atoms in total. The van der Waals surface area contributed by atoms with Crippen molar-refractivity contribution < 1.29 is 37.3 Å². The van der Waals surface area contributed by atoms with Crippen LogP contribution in [0.4, 0.5) is 10.5 Å². The molecule has 2 amide bonds. The molecule has 12 heteroatoms. The van der Waals surface area contributed by atoms with Crippen LogP contribution >= 0.6 is 0 Å². The molecule has 1 aliphatic heterocycles.